The van der Waals surface area contributed by atoms with Crippen LogP contribution in [0.5, 0.6) is 0 Å². The van der Waals surface area contributed by atoms with Crippen molar-refractivity contribution in [3.05, 3.63) is 64.7 Å². The van der Waals surface area contributed by atoms with Crippen LogP contribution in [-0.2, 0) is 0 Å². The Kier molecular flexibility index (Phi) is 3.86. The highest BCUT2D eigenvalue weighted by Gasteiger charge is 2.17. The van der Waals surface area contributed by atoms with Crippen molar-refractivity contribution in [2.45, 2.75) is 19.9 Å². The van der Waals surface area contributed by atoms with Crippen LogP contribution >= 0.6 is 11.6 Å². The Hall–Kier alpha value is -2.33. The number of nitrogens with zero attached hydrogens (tertiary/aromatic N) is 1. The topological polar surface area (TPSA) is 55.1 Å². The lowest BCUT2D eigenvalue weighted by Gasteiger charge is -2.13. The maximum absolute atomic E-state index is 12.6. The molecule has 3 rings (SSSR count). The van der Waals surface area contributed by atoms with Gasteiger partial charge in [0.2, 0.25) is 0 Å². The molecule has 4 nitrogen and oxygen atoms in total. The quantitative estimate of drug-likeness (QED) is 0.785. The standard InChI is InChI=1S/C17H15ClN2O2/c1-10-5-6-15(22-10)11(2)20-17(21)14-9-13(18)8-12-4-3-7-19-16(12)14/h3-9,11H,1-2H3,(H,20,21). The highest BCUT2D eigenvalue weighted by Crippen LogP contribution is 2.23. The van der Waals surface area contributed by atoms with Gasteiger partial charge in [-0.1, -0.05) is 17.7 Å². The maximum Gasteiger partial charge on any atom is 0.254 e. The van der Waals surface area contributed by atoms with Gasteiger partial charge in [-0.2, -0.15) is 0 Å². The number of fused-ring (bicyclic) bond motifs is 1. The van der Waals surface area contributed by atoms with Gasteiger partial charge < -0.3 is 9.73 Å². The second-order valence-corrected chi connectivity index (χ2v) is 5.61. The van der Waals surface area contributed by atoms with Gasteiger partial charge in [0.05, 0.1) is 17.1 Å². The number of hydrogen-bond acceptors (Lipinski definition) is 3. The maximum atomic E-state index is 12.6. The molecule has 0 fully saturated rings. The fraction of sp³-hybridized carbons (Fsp3) is 0.176. The summed E-state index contributed by atoms with van der Waals surface area (Å²) in [5.41, 5.74) is 1.09. The third kappa shape index (κ3) is 2.83. The summed E-state index contributed by atoms with van der Waals surface area (Å²) >= 11 is 6.10. The van der Waals surface area contributed by atoms with Gasteiger partial charge in [0.25, 0.3) is 5.91 Å². The monoisotopic (exact) mass is 314 g/mol. The molecule has 1 aromatic carbocycles. The summed E-state index contributed by atoms with van der Waals surface area (Å²) < 4.78 is 5.54. The summed E-state index contributed by atoms with van der Waals surface area (Å²) in [5, 5.41) is 4.26. The zero-order chi connectivity index (χ0) is 15.7. The normalized spacial score (nSPS) is 12.3. The van der Waals surface area contributed by atoms with E-state index in [1.165, 1.54) is 0 Å². The first kappa shape index (κ1) is 14.6. The molecule has 0 radical (unpaired) electrons. The van der Waals surface area contributed by atoms with Gasteiger partial charge in [-0.3, -0.25) is 9.78 Å². The number of pyridine rings is 1. The molecule has 2 heterocycles. The molecule has 5 heteroatoms. The molecule has 0 spiro atoms. The van der Waals surface area contributed by atoms with E-state index in [0.717, 1.165) is 11.1 Å². The van der Waals surface area contributed by atoms with Crippen LogP contribution in [0.4, 0.5) is 0 Å². The summed E-state index contributed by atoms with van der Waals surface area (Å²) in [6, 6.07) is 10.6. The van der Waals surface area contributed by atoms with E-state index in [2.05, 4.69) is 10.3 Å². The molecule has 0 aliphatic carbocycles. The van der Waals surface area contributed by atoms with E-state index < -0.39 is 0 Å². The Labute approximate surface area is 133 Å². The zero-order valence-electron chi connectivity index (χ0n) is 12.3. The Morgan fingerprint density at radius 2 is 2.14 bits per heavy atom. The van der Waals surface area contributed by atoms with Gasteiger partial charge in [-0.25, -0.2) is 0 Å². The summed E-state index contributed by atoms with van der Waals surface area (Å²) in [6.45, 7) is 3.74. The van der Waals surface area contributed by atoms with Crippen molar-refractivity contribution in [3.63, 3.8) is 0 Å². The number of nitrogens with one attached hydrogen (secondary N) is 1. The van der Waals surface area contributed by atoms with E-state index in [-0.39, 0.29) is 11.9 Å². The first-order chi connectivity index (χ1) is 10.5. The molecular weight excluding hydrogens is 300 g/mol. The molecule has 0 saturated heterocycles. The highest BCUT2D eigenvalue weighted by atomic mass is 35.5. The number of amides is 1. The van der Waals surface area contributed by atoms with Crippen molar-refractivity contribution < 1.29 is 9.21 Å². The molecule has 112 valence electrons. The lowest BCUT2D eigenvalue weighted by atomic mass is 10.1. The van der Waals surface area contributed by atoms with E-state index in [9.17, 15) is 4.79 Å². The highest BCUT2D eigenvalue weighted by molar-refractivity contribution is 6.32. The van der Waals surface area contributed by atoms with Crippen LogP contribution < -0.4 is 5.32 Å². The molecule has 0 aliphatic rings. The van der Waals surface area contributed by atoms with Crippen LogP contribution in [0, 0.1) is 6.92 Å². The number of halogens is 1. The SMILES string of the molecule is Cc1ccc(C(C)NC(=O)c2cc(Cl)cc3cccnc23)o1. The van der Waals surface area contributed by atoms with E-state index in [1.54, 1.807) is 18.3 Å². The van der Waals surface area contributed by atoms with Crippen molar-refractivity contribution in [1.29, 1.82) is 0 Å². The van der Waals surface area contributed by atoms with Gasteiger partial charge in [0.1, 0.15) is 11.5 Å². The second-order valence-electron chi connectivity index (χ2n) is 5.17. The van der Waals surface area contributed by atoms with Gasteiger partial charge >= 0.3 is 0 Å². The Balaban J connectivity index is 1.92. The lowest BCUT2D eigenvalue weighted by Crippen LogP contribution is -2.26. The molecule has 0 aliphatic heterocycles. The van der Waals surface area contributed by atoms with Crippen molar-refractivity contribution in [2.75, 3.05) is 0 Å². The fourth-order valence-corrected chi connectivity index (χ4v) is 2.59. The molecule has 1 amide bonds. The molecule has 1 unspecified atom stereocenters. The molecule has 22 heavy (non-hydrogen) atoms. The number of rotatable bonds is 3. The summed E-state index contributed by atoms with van der Waals surface area (Å²) in [6.07, 6.45) is 1.66. The second kappa shape index (κ2) is 5.81. The fourth-order valence-electron chi connectivity index (χ4n) is 2.36. The smallest absolute Gasteiger partial charge is 0.254 e. The van der Waals surface area contributed by atoms with Crippen molar-refractivity contribution in [1.82, 2.24) is 10.3 Å². The average Bonchev–Trinajstić information content (AvgIpc) is 2.93. The average molecular weight is 315 g/mol. The van der Waals surface area contributed by atoms with Crippen LogP contribution in [0.15, 0.2) is 47.0 Å². The third-order valence-corrected chi connectivity index (χ3v) is 3.67. The Morgan fingerprint density at radius 3 is 2.86 bits per heavy atom. The van der Waals surface area contributed by atoms with E-state index in [4.69, 9.17) is 16.0 Å². The minimum atomic E-state index is -0.237. The van der Waals surface area contributed by atoms with Crippen LogP contribution in [0.1, 0.15) is 34.8 Å². The van der Waals surface area contributed by atoms with E-state index in [1.807, 2.05) is 38.1 Å². The van der Waals surface area contributed by atoms with Crippen LogP contribution in [0.25, 0.3) is 10.9 Å². The number of benzene rings is 1. The van der Waals surface area contributed by atoms with E-state index in [0.29, 0.717) is 21.9 Å². The zero-order valence-corrected chi connectivity index (χ0v) is 13.0. The van der Waals surface area contributed by atoms with Gasteiger partial charge in [0, 0.05) is 16.6 Å². The Morgan fingerprint density at radius 1 is 1.32 bits per heavy atom. The minimum absolute atomic E-state index is 0.229. The number of carbonyl (C=O) groups is 1. The predicted octanol–water partition coefficient (Wildman–Crippen LogP) is 4.28. The van der Waals surface area contributed by atoms with Gasteiger partial charge in [0.15, 0.2) is 0 Å². The summed E-state index contributed by atoms with van der Waals surface area (Å²) in [4.78, 5) is 16.8. The number of aromatic nitrogens is 1. The van der Waals surface area contributed by atoms with Gasteiger partial charge in [-0.15, -0.1) is 0 Å². The first-order valence-electron chi connectivity index (χ1n) is 6.96. The largest absolute Gasteiger partial charge is 0.464 e. The molecule has 0 bridgehead atoms. The summed E-state index contributed by atoms with van der Waals surface area (Å²) in [7, 11) is 0. The molecule has 1 N–H and O–H groups in total. The molecule has 3 aromatic rings. The van der Waals surface area contributed by atoms with Crippen molar-refractivity contribution >= 4 is 28.4 Å². The molecule has 1 atom stereocenters. The Bertz CT molecular complexity index is 842. The number of furan rings is 1. The number of aryl methyl sites for hydroxylation is 1. The van der Waals surface area contributed by atoms with Crippen molar-refractivity contribution in [3.8, 4) is 0 Å². The van der Waals surface area contributed by atoms with Crippen LogP contribution in [0.2, 0.25) is 5.02 Å². The number of carbonyl (C=O) groups excluding carboxylic acids is 1. The van der Waals surface area contributed by atoms with Crippen LogP contribution in [-0.4, -0.2) is 10.9 Å². The molecule has 0 saturated carbocycles. The molecule has 2 aromatic heterocycles. The van der Waals surface area contributed by atoms with E-state index >= 15 is 0 Å². The third-order valence-electron chi connectivity index (χ3n) is 3.45. The minimum Gasteiger partial charge on any atom is -0.464 e. The number of hydrogen-bond donors (Lipinski definition) is 1. The van der Waals surface area contributed by atoms with Gasteiger partial charge in [-0.05, 0) is 44.2 Å². The molecular formula is C17H15ClN2O2. The first-order valence-corrected chi connectivity index (χ1v) is 7.34. The van der Waals surface area contributed by atoms with Crippen LogP contribution in [0.3, 0.4) is 0 Å². The predicted molar refractivity (Wildman–Crippen MR) is 86.1 cm³/mol. The lowest BCUT2D eigenvalue weighted by molar-refractivity contribution is 0.0936. The van der Waals surface area contributed by atoms with Crippen molar-refractivity contribution in [2.24, 2.45) is 0 Å². The summed E-state index contributed by atoms with van der Waals surface area (Å²) in [5.74, 6) is 1.30.